The van der Waals surface area contributed by atoms with Crippen LogP contribution in [0.25, 0.3) is 0 Å². The van der Waals surface area contributed by atoms with Gasteiger partial charge in [-0.05, 0) is 32.0 Å². The molecule has 1 aromatic carbocycles. The highest BCUT2D eigenvalue weighted by molar-refractivity contribution is 5.89. The van der Waals surface area contributed by atoms with Gasteiger partial charge in [-0.2, -0.15) is 0 Å². The molecule has 0 spiro atoms. The van der Waals surface area contributed by atoms with E-state index in [4.69, 9.17) is 9.47 Å². The maximum atomic E-state index is 11.3. The number of rotatable bonds is 6. The highest BCUT2D eigenvalue weighted by atomic mass is 16.6. The van der Waals surface area contributed by atoms with Crippen molar-refractivity contribution >= 4 is 23.4 Å². The molecule has 0 aliphatic heterocycles. The molecule has 0 fully saturated rings. The molecule has 1 aromatic rings. The summed E-state index contributed by atoms with van der Waals surface area (Å²) in [6.45, 7) is 5.42. The summed E-state index contributed by atoms with van der Waals surface area (Å²) >= 11 is 0. The van der Waals surface area contributed by atoms with E-state index in [-0.39, 0.29) is 5.91 Å². The molecule has 1 rings (SSSR count). The molecule has 0 heterocycles. The fourth-order valence-corrected chi connectivity index (χ4v) is 1.70. The standard InChI is InChI=1S/C14H21N3O4/c1-5-15-14(19)21-10(3)17-12-8-11(16-9(2)18)6-7-13(12)20-4/h6-8,10,17H,5H2,1-4H3,(H,15,19)(H,16,18). The number of carbonyl (C=O) groups excluding carboxylic acids is 2. The summed E-state index contributed by atoms with van der Waals surface area (Å²) in [7, 11) is 1.54. The minimum absolute atomic E-state index is 0.169. The van der Waals surface area contributed by atoms with Gasteiger partial charge in [-0.25, -0.2) is 4.79 Å². The van der Waals surface area contributed by atoms with Gasteiger partial charge < -0.3 is 25.4 Å². The van der Waals surface area contributed by atoms with E-state index < -0.39 is 12.3 Å². The Labute approximate surface area is 124 Å². The number of anilines is 2. The molecule has 7 heteroatoms. The Hall–Kier alpha value is -2.44. The van der Waals surface area contributed by atoms with E-state index in [0.29, 0.717) is 23.7 Å². The van der Waals surface area contributed by atoms with Crippen LogP contribution in [0.4, 0.5) is 16.2 Å². The van der Waals surface area contributed by atoms with Crippen LogP contribution in [0.3, 0.4) is 0 Å². The van der Waals surface area contributed by atoms with E-state index in [1.807, 2.05) is 0 Å². The van der Waals surface area contributed by atoms with E-state index in [0.717, 1.165) is 0 Å². The monoisotopic (exact) mass is 295 g/mol. The third kappa shape index (κ3) is 5.60. The molecule has 3 N–H and O–H groups in total. The van der Waals surface area contributed by atoms with Crippen molar-refractivity contribution in [3.8, 4) is 5.75 Å². The highest BCUT2D eigenvalue weighted by Gasteiger charge is 2.12. The van der Waals surface area contributed by atoms with Crippen LogP contribution in [0.1, 0.15) is 20.8 Å². The number of benzene rings is 1. The Kier molecular flexibility index (Phi) is 6.32. The number of carbonyl (C=O) groups is 2. The van der Waals surface area contributed by atoms with Crippen LogP contribution >= 0.6 is 0 Å². The number of ether oxygens (including phenoxy) is 2. The van der Waals surface area contributed by atoms with E-state index in [1.165, 1.54) is 14.0 Å². The van der Waals surface area contributed by atoms with Crippen LogP contribution in [0.5, 0.6) is 5.75 Å². The quantitative estimate of drug-likeness (QED) is 0.700. The summed E-state index contributed by atoms with van der Waals surface area (Å²) in [6.07, 6.45) is -1.06. The van der Waals surface area contributed by atoms with Crippen LogP contribution in [-0.4, -0.2) is 31.9 Å². The van der Waals surface area contributed by atoms with E-state index in [1.54, 1.807) is 32.0 Å². The van der Waals surface area contributed by atoms with Gasteiger partial charge in [0.2, 0.25) is 5.91 Å². The molecule has 1 unspecified atom stereocenters. The molecule has 0 saturated heterocycles. The topological polar surface area (TPSA) is 88.7 Å². The second-order valence-electron chi connectivity index (χ2n) is 4.32. The predicted molar refractivity (Wildman–Crippen MR) is 80.5 cm³/mol. The van der Waals surface area contributed by atoms with Crippen LogP contribution in [0.2, 0.25) is 0 Å². The number of methoxy groups -OCH3 is 1. The van der Waals surface area contributed by atoms with Gasteiger partial charge in [0, 0.05) is 19.2 Å². The average molecular weight is 295 g/mol. The minimum atomic E-state index is -0.557. The largest absolute Gasteiger partial charge is 0.495 e. The zero-order chi connectivity index (χ0) is 15.8. The van der Waals surface area contributed by atoms with Gasteiger partial charge in [-0.15, -0.1) is 0 Å². The minimum Gasteiger partial charge on any atom is -0.495 e. The van der Waals surface area contributed by atoms with Crippen molar-refractivity contribution in [1.82, 2.24) is 5.32 Å². The lowest BCUT2D eigenvalue weighted by molar-refractivity contribution is -0.114. The van der Waals surface area contributed by atoms with E-state index in [2.05, 4.69) is 16.0 Å². The summed E-state index contributed by atoms with van der Waals surface area (Å²) in [5.41, 5.74) is 1.23. The first-order valence-electron chi connectivity index (χ1n) is 6.63. The lowest BCUT2D eigenvalue weighted by Gasteiger charge is -2.19. The van der Waals surface area contributed by atoms with Gasteiger partial charge in [0.15, 0.2) is 6.23 Å². The normalized spacial score (nSPS) is 11.2. The van der Waals surface area contributed by atoms with Crippen molar-refractivity contribution in [3.05, 3.63) is 18.2 Å². The maximum absolute atomic E-state index is 11.3. The fraction of sp³-hybridized carbons (Fsp3) is 0.429. The zero-order valence-electron chi connectivity index (χ0n) is 12.6. The van der Waals surface area contributed by atoms with E-state index in [9.17, 15) is 9.59 Å². The van der Waals surface area contributed by atoms with Crippen LogP contribution in [0, 0.1) is 0 Å². The molecule has 21 heavy (non-hydrogen) atoms. The number of alkyl carbamates (subject to hydrolysis) is 1. The molecule has 0 aromatic heterocycles. The second kappa shape index (κ2) is 7.98. The molecule has 0 aliphatic rings. The molecule has 0 aliphatic carbocycles. The summed E-state index contributed by atoms with van der Waals surface area (Å²) in [5.74, 6) is 0.410. The van der Waals surface area contributed by atoms with Crippen LogP contribution in [-0.2, 0) is 9.53 Å². The van der Waals surface area contributed by atoms with Crippen molar-refractivity contribution in [2.45, 2.75) is 27.0 Å². The first-order valence-corrected chi connectivity index (χ1v) is 6.63. The fourth-order valence-electron chi connectivity index (χ4n) is 1.70. The molecular formula is C14H21N3O4. The number of hydrogen-bond acceptors (Lipinski definition) is 5. The van der Waals surface area contributed by atoms with Crippen molar-refractivity contribution in [2.24, 2.45) is 0 Å². The van der Waals surface area contributed by atoms with Crippen molar-refractivity contribution in [2.75, 3.05) is 24.3 Å². The molecule has 2 amide bonds. The molecule has 0 saturated carbocycles. The van der Waals surface area contributed by atoms with E-state index >= 15 is 0 Å². The summed E-state index contributed by atoms with van der Waals surface area (Å²) in [4.78, 5) is 22.4. The summed E-state index contributed by atoms with van der Waals surface area (Å²) in [6, 6.07) is 5.14. The van der Waals surface area contributed by atoms with Gasteiger partial charge in [0.25, 0.3) is 0 Å². The van der Waals surface area contributed by atoms with Gasteiger partial charge >= 0.3 is 6.09 Å². The first kappa shape index (κ1) is 16.6. The van der Waals surface area contributed by atoms with Crippen LogP contribution in [0.15, 0.2) is 18.2 Å². The molecule has 116 valence electrons. The zero-order valence-corrected chi connectivity index (χ0v) is 12.6. The maximum Gasteiger partial charge on any atom is 0.409 e. The van der Waals surface area contributed by atoms with Crippen molar-refractivity contribution in [3.63, 3.8) is 0 Å². The molecule has 7 nitrogen and oxygen atoms in total. The van der Waals surface area contributed by atoms with Crippen molar-refractivity contribution in [1.29, 1.82) is 0 Å². The van der Waals surface area contributed by atoms with Crippen LogP contribution < -0.4 is 20.7 Å². The summed E-state index contributed by atoms with van der Waals surface area (Å²) in [5, 5.41) is 8.22. The summed E-state index contributed by atoms with van der Waals surface area (Å²) < 4.78 is 10.3. The Balaban J connectivity index is 2.79. The number of amides is 2. The van der Waals surface area contributed by atoms with Crippen molar-refractivity contribution < 1.29 is 19.1 Å². The van der Waals surface area contributed by atoms with Gasteiger partial charge in [0.05, 0.1) is 12.8 Å². The Morgan fingerprint density at radius 3 is 2.62 bits per heavy atom. The first-order chi connectivity index (χ1) is 9.96. The molecular weight excluding hydrogens is 274 g/mol. The third-order valence-corrected chi connectivity index (χ3v) is 2.48. The highest BCUT2D eigenvalue weighted by Crippen LogP contribution is 2.28. The molecule has 1 atom stereocenters. The SMILES string of the molecule is CCNC(=O)OC(C)Nc1cc(NC(C)=O)ccc1OC. The van der Waals surface area contributed by atoms with Gasteiger partial charge in [-0.3, -0.25) is 4.79 Å². The Bertz CT molecular complexity index is 505. The van der Waals surface area contributed by atoms with Gasteiger partial charge in [0.1, 0.15) is 5.75 Å². The average Bonchev–Trinajstić information content (AvgIpc) is 2.38. The number of nitrogens with one attached hydrogen (secondary N) is 3. The lowest BCUT2D eigenvalue weighted by atomic mass is 10.2. The molecule has 0 bridgehead atoms. The smallest absolute Gasteiger partial charge is 0.409 e. The Morgan fingerprint density at radius 1 is 1.33 bits per heavy atom. The number of hydrogen-bond donors (Lipinski definition) is 3. The molecule has 0 radical (unpaired) electrons. The second-order valence-corrected chi connectivity index (χ2v) is 4.32. The third-order valence-electron chi connectivity index (χ3n) is 2.48. The van der Waals surface area contributed by atoms with Gasteiger partial charge in [-0.1, -0.05) is 0 Å². The lowest BCUT2D eigenvalue weighted by Crippen LogP contribution is -2.31. The predicted octanol–water partition coefficient (Wildman–Crippen LogP) is 2.16. The Morgan fingerprint density at radius 2 is 2.05 bits per heavy atom.